The molecule has 1 amide bonds. The Kier molecular flexibility index (Phi) is 6.75. The van der Waals surface area contributed by atoms with E-state index in [1.165, 1.54) is 22.3 Å². The maximum Gasteiger partial charge on any atom is 0.244 e. The molecule has 0 radical (unpaired) electrons. The minimum atomic E-state index is -3.46. The van der Waals surface area contributed by atoms with Gasteiger partial charge in [-0.3, -0.25) is 4.79 Å². The Bertz CT molecular complexity index is 881. The van der Waals surface area contributed by atoms with Gasteiger partial charge in [-0.15, -0.1) is 0 Å². The van der Waals surface area contributed by atoms with Crippen LogP contribution in [0.2, 0.25) is 5.02 Å². The average Bonchev–Trinajstić information content (AvgIpc) is 3.22. The predicted octanol–water partition coefficient (Wildman–Crippen LogP) is 2.93. The highest BCUT2D eigenvalue weighted by Crippen LogP contribution is 2.22. The zero-order valence-electron chi connectivity index (χ0n) is 14.6. The van der Waals surface area contributed by atoms with E-state index in [0.717, 1.165) is 18.4 Å². The fourth-order valence-electron chi connectivity index (χ4n) is 2.68. The topological polar surface area (TPSA) is 79.4 Å². The van der Waals surface area contributed by atoms with Crippen LogP contribution in [0.1, 0.15) is 18.4 Å². The molecule has 1 aliphatic rings. The lowest BCUT2D eigenvalue weighted by atomic mass is 10.2. The van der Waals surface area contributed by atoms with Gasteiger partial charge >= 0.3 is 0 Å². The van der Waals surface area contributed by atoms with Crippen LogP contribution in [0.4, 0.5) is 0 Å². The molecule has 2 heterocycles. The van der Waals surface area contributed by atoms with Gasteiger partial charge < -0.3 is 5.32 Å². The number of rotatable bonds is 7. The summed E-state index contributed by atoms with van der Waals surface area (Å²) in [7, 11) is -3.46. The molecule has 0 spiro atoms. The zero-order valence-corrected chi connectivity index (χ0v) is 17.0. The monoisotopic (exact) mass is 425 g/mol. The Morgan fingerprint density at radius 1 is 1.15 bits per heavy atom. The molecular formula is C18H20ClN3O3S2. The lowest BCUT2D eigenvalue weighted by Crippen LogP contribution is -2.27. The minimum absolute atomic E-state index is 0.120. The lowest BCUT2D eigenvalue weighted by Gasteiger charge is -2.15. The summed E-state index contributed by atoms with van der Waals surface area (Å²) in [5.74, 6) is 0.0873. The van der Waals surface area contributed by atoms with Crippen molar-refractivity contribution in [3.05, 3.63) is 53.2 Å². The van der Waals surface area contributed by atoms with Crippen molar-refractivity contribution in [1.29, 1.82) is 0 Å². The van der Waals surface area contributed by atoms with E-state index in [0.29, 0.717) is 29.7 Å². The van der Waals surface area contributed by atoms with E-state index in [1.54, 1.807) is 24.3 Å². The van der Waals surface area contributed by atoms with Gasteiger partial charge in [-0.05, 0) is 42.7 Å². The van der Waals surface area contributed by atoms with Crippen molar-refractivity contribution in [2.45, 2.75) is 29.3 Å². The van der Waals surface area contributed by atoms with Gasteiger partial charge in [0, 0.05) is 30.9 Å². The molecule has 1 saturated heterocycles. The molecule has 1 N–H and O–H groups in total. The van der Waals surface area contributed by atoms with Gasteiger partial charge in [-0.1, -0.05) is 35.5 Å². The van der Waals surface area contributed by atoms with E-state index < -0.39 is 10.0 Å². The maximum atomic E-state index is 12.5. The van der Waals surface area contributed by atoms with Crippen LogP contribution in [-0.4, -0.2) is 42.5 Å². The number of benzene rings is 1. The molecule has 0 unspecified atom stereocenters. The quantitative estimate of drug-likeness (QED) is 0.690. The fraction of sp³-hybridized carbons (Fsp3) is 0.333. The number of hydrogen-bond donors (Lipinski definition) is 1. The Morgan fingerprint density at radius 3 is 2.48 bits per heavy atom. The first-order valence-corrected chi connectivity index (χ1v) is 11.4. The summed E-state index contributed by atoms with van der Waals surface area (Å²) < 4.78 is 26.4. The number of hydrogen-bond acceptors (Lipinski definition) is 5. The molecule has 2 aromatic rings. The first kappa shape index (κ1) is 20.1. The Hall–Kier alpha value is -1.61. The molecule has 0 atom stereocenters. The van der Waals surface area contributed by atoms with Crippen LogP contribution < -0.4 is 5.32 Å². The summed E-state index contributed by atoms with van der Waals surface area (Å²) in [6, 6.07) is 10.5. The third-order valence-electron chi connectivity index (χ3n) is 4.17. The molecule has 1 aliphatic heterocycles. The van der Waals surface area contributed by atoms with E-state index in [1.807, 2.05) is 12.1 Å². The highest BCUT2D eigenvalue weighted by atomic mass is 35.5. The van der Waals surface area contributed by atoms with Crippen molar-refractivity contribution in [3.8, 4) is 0 Å². The van der Waals surface area contributed by atoms with Crippen molar-refractivity contribution in [2.24, 2.45) is 0 Å². The molecule has 1 fully saturated rings. The fourth-order valence-corrected chi connectivity index (χ4v) is 4.94. The molecular weight excluding hydrogens is 406 g/mol. The van der Waals surface area contributed by atoms with Crippen LogP contribution in [0.25, 0.3) is 0 Å². The summed E-state index contributed by atoms with van der Waals surface area (Å²) in [5.41, 5.74) is 0.965. The van der Waals surface area contributed by atoms with E-state index in [9.17, 15) is 13.2 Å². The SMILES string of the molecule is O=C(CSc1ccc(S(=O)(=O)N2CCCC2)cn1)NCc1ccc(Cl)cc1. The van der Waals surface area contributed by atoms with Crippen LogP contribution in [0.15, 0.2) is 52.5 Å². The van der Waals surface area contributed by atoms with Gasteiger partial charge in [-0.2, -0.15) is 4.31 Å². The summed E-state index contributed by atoms with van der Waals surface area (Å²) in [6.45, 7) is 1.55. The second kappa shape index (κ2) is 9.05. The number of carbonyl (C=O) groups excluding carboxylic acids is 1. The molecule has 1 aromatic heterocycles. The first-order chi connectivity index (χ1) is 12.9. The summed E-state index contributed by atoms with van der Waals surface area (Å²) >= 11 is 7.10. The number of sulfonamides is 1. The molecule has 0 aliphatic carbocycles. The van der Waals surface area contributed by atoms with E-state index in [4.69, 9.17) is 11.6 Å². The molecule has 1 aromatic carbocycles. The Balaban J connectivity index is 1.49. The second-order valence-electron chi connectivity index (χ2n) is 6.14. The van der Waals surface area contributed by atoms with Gasteiger partial charge in [0.05, 0.1) is 10.8 Å². The lowest BCUT2D eigenvalue weighted by molar-refractivity contribution is -0.118. The number of carbonyl (C=O) groups is 1. The molecule has 0 saturated carbocycles. The minimum Gasteiger partial charge on any atom is -0.351 e. The third-order valence-corrected chi connectivity index (χ3v) is 7.24. The summed E-state index contributed by atoms with van der Waals surface area (Å²) in [5, 5.41) is 4.09. The molecule has 27 heavy (non-hydrogen) atoms. The highest BCUT2D eigenvalue weighted by Gasteiger charge is 2.27. The number of halogens is 1. The number of aromatic nitrogens is 1. The van der Waals surface area contributed by atoms with Crippen LogP contribution in [0.5, 0.6) is 0 Å². The number of amides is 1. The zero-order chi connectivity index (χ0) is 19.3. The molecule has 9 heteroatoms. The Morgan fingerprint density at radius 2 is 1.85 bits per heavy atom. The highest BCUT2D eigenvalue weighted by molar-refractivity contribution is 7.99. The van der Waals surface area contributed by atoms with Crippen molar-refractivity contribution < 1.29 is 13.2 Å². The summed E-state index contributed by atoms with van der Waals surface area (Å²) in [6.07, 6.45) is 3.15. The van der Waals surface area contributed by atoms with Gasteiger partial charge in [0.15, 0.2) is 0 Å². The van der Waals surface area contributed by atoms with E-state index in [2.05, 4.69) is 10.3 Å². The second-order valence-corrected chi connectivity index (χ2v) is 9.51. The van der Waals surface area contributed by atoms with Crippen molar-refractivity contribution in [1.82, 2.24) is 14.6 Å². The third kappa shape index (κ3) is 5.44. The molecule has 6 nitrogen and oxygen atoms in total. The predicted molar refractivity (Wildman–Crippen MR) is 106 cm³/mol. The average molecular weight is 426 g/mol. The van der Waals surface area contributed by atoms with Gasteiger partial charge in [-0.25, -0.2) is 13.4 Å². The normalized spacial score (nSPS) is 15.0. The van der Waals surface area contributed by atoms with Crippen LogP contribution in [0, 0.1) is 0 Å². The van der Waals surface area contributed by atoms with E-state index in [-0.39, 0.29) is 16.6 Å². The number of nitrogens with zero attached hydrogens (tertiary/aromatic N) is 2. The van der Waals surface area contributed by atoms with Crippen molar-refractivity contribution >= 4 is 39.3 Å². The van der Waals surface area contributed by atoms with Crippen LogP contribution >= 0.6 is 23.4 Å². The first-order valence-electron chi connectivity index (χ1n) is 8.55. The van der Waals surface area contributed by atoms with Crippen LogP contribution in [0.3, 0.4) is 0 Å². The standard InChI is InChI=1S/C18H20ClN3O3S2/c19-15-5-3-14(4-6-15)11-20-17(23)13-26-18-8-7-16(12-21-18)27(24,25)22-9-1-2-10-22/h3-8,12H,1-2,9-11,13H2,(H,20,23). The Labute approximate surface area is 168 Å². The largest absolute Gasteiger partial charge is 0.351 e. The number of nitrogens with one attached hydrogen (secondary N) is 1. The van der Waals surface area contributed by atoms with Crippen molar-refractivity contribution in [3.63, 3.8) is 0 Å². The maximum absolute atomic E-state index is 12.5. The van der Waals surface area contributed by atoms with Gasteiger partial charge in [0.2, 0.25) is 15.9 Å². The van der Waals surface area contributed by atoms with Gasteiger partial charge in [0.25, 0.3) is 0 Å². The molecule has 144 valence electrons. The van der Waals surface area contributed by atoms with Crippen molar-refractivity contribution in [2.75, 3.05) is 18.8 Å². The molecule has 0 bridgehead atoms. The van der Waals surface area contributed by atoms with Crippen LogP contribution in [-0.2, 0) is 21.4 Å². The smallest absolute Gasteiger partial charge is 0.244 e. The number of thioether (sulfide) groups is 1. The molecule has 3 rings (SSSR count). The van der Waals surface area contributed by atoms with E-state index >= 15 is 0 Å². The number of pyridine rings is 1. The summed E-state index contributed by atoms with van der Waals surface area (Å²) in [4.78, 5) is 16.3. The van der Waals surface area contributed by atoms with Gasteiger partial charge in [0.1, 0.15) is 4.90 Å².